The zero-order valence-corrected chi connectivity index (χ0v) is 16.9. The van der Waals surface area contributed by atoms with Crippen LogP contribution in [0.25, 0.3) is 22.6 Å². The van der Waals surface area contributed by atoms with Crippen LogP contribution in [-0.4, -0.2) is 24.8 Å². The standard InChI is InChI=1S/C24H22O6/c1-3-29-20-9-5-7-15(23(20)28-2)12-14-6-4-8-17-21(25)18-13-16(24(26)27)10-11-19(18)30-22(14)17/h5,7,9-13H,3-4,6,8H2,1-2H3,(H,26,27). The third-order valence-corrected chi connectivity index (χ3v) is 5.24. The monoisotopic (exact) mass is 406 g/mol. The summed E-state index contributed by atoms with van der Waals surface area (Å²) in [6.07, 6.45) is 4.13. The lowest BCUT2D eigenvalue weighted by Gasteiger charge is -2.19. The molecule has 6 nitrogen and oxygen atoms in total. The minimum absolute atomic E-state index is 0.0683. The zero-order valence-electron chi connectivity index (χ0n) is 16.9. The molecule has 3 aromatic rings. The van der Waals surface area contributed by atoms with E-state index in [1.54, 1.807) is 13.2 Å². The van der Waals surface area contributed by atoms with E-state index in [0.717, 1.165) is 24.0 Å². The van der Waals surface area contributed by atoms with Gasteiger partial charge in [0.25, 0.3) is 0 Å². The van der Waals surface area contributed by atoms with Crippen LogP contribution in [0.4, 0.5) is 0 Å². The van der Waals surface area contributed by atoms with Gasteiger partial charge in [0.05, 0.1) is 24.7 Å². The number of allylic oxidation sites excluding steroid dienone is 1. The van der Waals surface area contributed by atoms with E-state index in [9.17, 15) is 14.7 Å². The van der Waals surface area contributed by atoms with Crippen molar-refractivity contribution in [3.8, 4) is 11.5 Å². The molecule has 4 rings (SSSR count). The average Bonchev–Trinajstić information content (AvgIpc) is 2.75. The number of para-hydroxylation sites is 1. The first-order chi connectivity index (χ1) is 14.5. The highest BCUT2D eigenvalue weighted by molar-refractivity contribution is 5.94. The van der Waals surface area contributed by atoms with Crippen LogP contribution in [0.3, 0.4) is 0 Å². The van der Waals surface area contributed by atoms with Crippen molar-refractivity contribution in [1.29, 1.82) is 0 Å². The van der Waals surface area contributed by atoms with Gasteiger partial charge in [0.1, 0.15) is 11.3 Å². The van der Waals surface area contributed by atoms with Gasteiger partial charge in [0, 0.05) is 11.1 Å². The lowest BCUT2D eigenvalue weighted by molar-refractivity contribution is 0.0697. The molecule has 0 unspecified atom stereocenters. The Labute approximate surface area is 173 Å². The number of rotatable bonds is 5. The first kappa shape index (κ1) is 19.8. The van der Waals surface area contributed by atoms with E-state index >= 15 is 0 Å². The molecule has 30 heavy (non-hydrogen) atoms. The second-order valence-corrected chi connectivity index (χ2v) is 7.09. The number of hydrogen-bond donors (Lipinski definition) is 1. The Morgan fingerprint density at radius 2 is 2.07 bits per heavy atom. The fourth-order valence-corrected chi connectivity index (χ4v) is 3.88. The lowest BCUT2D eigenvalue weighted by Crippen LogP contribution is -2.16. The number of carboxylic acids is 1. The molecule has 154 valence electrons. The Hall–Kier alpha value is -3.54. The van der Waals surface area contributed by atoms with E-state index in [-0.39, 0.29) is 11.0 Å². The Morgan fingerprint density at radius 1 is 1.23 bits per heavy atom. The molecule has 1 aromatic heterocycles. The Kier molecular flexibility index (Phi) is 5.31. The van der Waals surface area contributed by atoms with E-state index in [0.29, 0.717) is 46.8 Å². The number of carbonyl (C=O) groups is 1. The van der Waals surface area contributed by atoms with Gasteiger partial charge >= 0.3 is 5.97 Å². The number of methoxy groups -OCH3 is 1. The number of fused-ring (bicyclic) bond motifs is 2. The highest BCUT2D eigenvalue weighted by Crippen LogP contribution is 2.37. The van der Waals surface area contributed by atoms with Gasteiger partial charge in [-0.3, -0.25) is 4.79 Å². The second-order valence-electron chi connectivity index (χ2n) is 7.09. The van der Waals surface area contributed by atoms with Gasteiger partial charge < -0.3 is 19.0 Å². The molecule has 0 spiro atoms. The predicted molar refractivity (Wildman–Crippen MR) is 114 cm³/mol. The predicted octanol–water partition coefficient (Wildman–Crippen LogP) is 4.78. The van der Waals surface area contributed by atoms with E-state index in [4.69, 9.17) is 13.9 Å². The largest absolute Gasteiger partial charge is 0.492 e. The molecule has 0 saturated carbocycles. The van der Waals surface area contributed by atoms with Crippen LogP contribution in [0.15, 0.2) is 45.6 Å². The average molecular weight is 406 g/mol. The van der Waals surface area contributed by atoms with Crippen molar-refractivity contribution in [2.24, 2.45) is 0 Å². The normalized spacial score (nSPS) is 14.5. The van der Waals surface area contributed by atoms with Crippen molar-refractivity contribution in [1.82, 2.24) is 0 Å². The molecule has 0 fully saturated rings. The molecule has 2 aromatic carbocycles. The van der Waals surface area contributed by atoms with Gasteiger partial charge in [0.2, 0.25) is 0 Å². The molecular formula is C24H22O6. The minimum Gasteiger partial charge on any atom is -0.492 e. The third kappa shape index (κ3) is 3.45. The summed E-state index contributed by atoms with van der Waals surface area (Å²) in [5.41, 5.74) is 2.61. The maximum atomic E-state index is 13.1. The van der Waals surface area contributed by atoms with Crippen molar-refractivity contribution in [2.45, 2.75) is 26.2 Å². The molecule has 0 radical (unpaired) electrons. The van der Waals surface area contributed by atoms with Crippen LogP contribution < -0.4 is 14.9 Å². The smallest absolute Gasteiger partial charge is 0.335 e. The van der Waals surface area contributed by atoms with E-state index < -0.39 is 5.97 Å². The third-order valence-electron chi connectivity index (χ3n) is 5.24. The van der Waals surface area contributed by atoms with Crippen LogP contribution in [-0.2, 0) is 6.42 Å². The van der Waals surface area contributed by atoms with Gasteiger partial charge in [-0.25, -0.2) is 4.79 Å². The number of hydrogen-bond acceptors (Lipinski definition) is 5. The van der Waals surface area contributed by atoms with Crippen LogP contribution >= 0.6 is 0 Å². The summed E-state index contributed by atoms with van der Waals surface area (Å²) in [5.74, 6) is 0.779. The van der Waals surface area contributed by atoms with E-state index in [1.165, 1.54) is 12.1 Å². The van der Waals surface area contributed by atoms with Crippen molar-refractivity contribution in [3.05, 3.63) is 69.1 Å². The van der Waals surface area contributed by atoms with Gasteiger partial charge in [-0.2, -0.15) is 0 Å². The van der Waals surface area contributed by atoms with Gasteiger partial charge in [0.15, 0.2) is 16.9 Å². The Balaban J connectivity index is 1.88. The maximum absolute atomic E-state index is 13.1. The van der Waals surface area contributed by atoms with E-state index in [1.807, 2.05) is 31.2 Å². The second kappa shape index (κ2) is 8.06. The van der Waals surface area contributed by atoms with Crippen LogP contribution in [0, 0.1) is 0 Å². The maximum Gasteiger partial charge on any atom is 0.335 e. The van der Waals surface area contributed by atoms with Gasteiger partial charge in [-0.15, -0.1) is 0 Å². The Bertz CT molecular complexity index is 1220. The molecule has 0 bridgehead atoms. The number of benzene rings is 2. The SMILES string of the molecule is CCOc1cccc(C=C2CCCc3c2oc2ccc(C(=O)O)cc2c3=O)c1OC. The van der Waals surface area contributed by atoms with Crippen LogP contribution in [0.1, 0.15) is 47.0 Å². The summed E-state index contributed by atoms with van der Waals surface area (Å²) in [6.45, 7) is 2.44. The Morgan fingerprint density at radius 3 is 2.80 bits per heavy atom. The topological polar surface area (TPSA) is 86.0 Å². The van der Waals surface area contributed by atoms with E-state index in [2.05, 4.69) is 0 Å². The molecule has 0 aliphatic heterocycles. The van der Waals surface area contributed by atoms with Gasteiger partial charge in [-0.1, -0.05) is 12.1 Å². The van der Waals surface area contributed by atoms with Gasteiger partial charge in [-0.05, 0) is 62.1 Å². The summed E-state index contributed by atoms with van der Waals surface area (Å²) in [5, 5.41) is 9.52. The highest BCUT2D eigenvalue weighted by atomic mass is 16.5. The molecule has 1 N–H and O–H groups in total. The quantitative estimate of drug-likeness (QED) is 0.657. The molecule has 0 amide bonds. The molecule has 6 heteroatoms. The lowest BCUT2D eigenvalue weighted by atomic mass is 9.90. The summed E-state index contributed by atoms with van der Waals surface area (Å²) in [7, 11) is 1.60. The number of aromatic carboxylic acids is 1. The van der Waals surface area contributed by atoms with Crippen molar-refractivity contribution in [3.63, 3.8) is 0 Å². The number of carboxylic acid groups (broad SMARTS) is 1. The molecule has 0 atom stereocenters. The molecule has 1 heterocycles. The van der Waals surface area contributed by atoms with Crippen molar-refractivity contribution < 1.29 is 23.8 Å². The zero-order chi connectivity index (χ0) is 21.3. The van der Waals surface area contributed by atoms with Crippen molar-refractivity contribution in [2.75, 3.05) is 13.7 Å². The molecule has 0 saturated heterocycles. The summed E-state index contributed by atoms with van der Waals surface area (Å²) in [6, 6.07) is 10.1. The first-order valence-corrected chi connectivity index (χ1v) is 9.87. The molecular weight excluding hydrogens is 384 g/mol. The minimum atomic E-state index is -1.07. The number of ether oxygens (including phenoxy) is 2. The molecule has 1 aliphatic carbocycles. The first-order valence-electron chi connectivity index (χ1n) is 9.87. The summed E-state index contributed by atoms with van der Waals surface area (Å²) >= 11 is 0. The van der Waals surface area contributed by atoms with Crippen LogP contribution in [0.5, 0.6) is 11.5 Å². The fourth-order valence-electron chi connectivity index (χ4n) is 3.88. The summed E-state index contributed by atoms with van der Waals surface area (Å²) in [4.78, 5) is 24.4. The highest BCUT2D eigenvalue weighted by Gasteiger charge is 2.23. The summed E-state index contributed by atoms with van der Waals surface area (Å²) < 4.78 is 17.3. The van der Waals surface area contributed by atoms with Crippen molar-refractivity contribution >= 4 is 28.6 Å². The fraction of sp³-hybridized carbons (Fsp3) is 0.250. The van der Waals surface area contributed by atoms with Crippen LogP contribution in [0.2, 0.25) is 0 Å². The molecule has 1 aliphatic rings.